The first-order valence-corrected chi connectivity index (χ1v) is 5.30. The van der Waals surface area contributed by atoms with Crippen molar-refractivity contribution in [3.63, 3.8) is 0 Å². The standard InChI is InChI=1S/C10H14N4O3/c1-2-10(15)12-6-5-11-9-4-3-8(7-13-9)14(16)17/h3-4,7H,2,5-6H2,1H3,(H,11,13)(H,12,15)/p+1. The van der Waals surface area contributed by atoms with Crippen molar-refractivity contribution in [3.8, 4) is 0 Å². The molecule has 0 radical (unpaired) electrons. The molecular weight excluding hydrogens is 224 g/mol. The molecule has 0 aliphatic heterocycles. The summed E-state index contributed by atoms with van der Waals surface area (Å²) in [4.78, 5) is 23.6. The second-order valence-corrected chi connectivity index (χ2v) is 3.35. The molecule has 17 heavy (non-hydrogen) atoms. The molecule has 0 atom stereocenters. The number of aromatic amines is 1. The Morgan fingerprint density at radius 1 is 1.47 bits per heavy atom. The van der Waals surface area contributed by atoms with Crippen LogP contribution in [0.4, 0.5) is 11.5 Å². The number of rotatable bonds is 6. The summed E-state index contributed by atoms with van der Waals surface area (Å²) >= 11 is 0. The molecule has 0 aliphatic rings. The van der Waals surface area contributed by atoms with E-state index in [1.54, 1.807) is 13.0 Å². The summed E-state index contributed by atoms with van der Waals surface area (Å²) < 4.78 is 0. The Hall–Kier alpha value is -2.18. The van der Waals surface area contributed by atoms with Gasteiger partial charge in [-0.15, -0.1) is 0 Å². The normalized spacial score (nSPS) is 9.71. The van der Waals surface area contributed by atoms with Crippen molar-refractivity contribution in [3.05, 3.63) is 28.4 Å². The lowest BCUT2D eigenvalue weighted by Crippen LogP contribution is -2.29. The molecule has 3 N–H and O–H groups in total. The fourth-order valence-electron chi connectivity index (χ4n) is 1.16. The smallest absolute Gasteiger partial charge is 0.308 e. The van der Waals surface area contributed by atoms with Crippen LogP contribution in [0, 0.1) is 10.1 Å². The maximum absolute atomic E-state index is 10.9. The van der Waals surface area contributed by atoms with Gasteiger partial charge in [-0.3, -0.25) is 20.2 Å². The number of carbonyl (C=O) groups excluding carboxylic acids is 1. The monoisotopic (exact) mass is 239 g/mol. The number of aromatic nitrogens is 1. The Labute approximate surface area is 98.4 Å². The zero-order valence-corrected chi connectivity index (χ0v) is 9.53. The van der Waals surface area contributed by atoms with E-state index in [1.807, 2.05) is 0 Å². The predicted molar refractivity (Wildman–Crippen MR) is 61.4 cm³/mol. The Morgan fingerprint density at radius 2 is 2.24 bits per heavy atom. The topological polar surface area (TPSA) is 98.4 Å². The molecule has 0 spiro atoms. The van der Waals surface area contributed by atoms with E-state index in [2.05, 4.69) is 15.6 Å². The molecule has 7 nitrogen and oxygen atoms in total. The number of nitrogens with zero attached hydrogens (tertiary/aromatic N) is 1. The van der Waals surface area contributed by atoms with Crippen molar-refractivity contribution in [1.82, 2.24) is 5.32 Å². The fraction of sp³-hybridized carbons (Fsp3) is 0.400. The molecular formula is C10H15N4O3+. The molecule has 0 saturated heterocycles. The number of nitro groups is 1. The van der Waals surface area contributed by atoms with Gasteiger partial charge in [-0.25, -0.2) is 4.98 Å². The molecule has 0 unspecified atom stereocenters. The largest absolute Gasteiger partial charge is 0.352 e. The highest BCUT2D eigenvalue weighted by Crippen LogP contribution is 2.07. The van der Waals surface area contributed by atoms with Gasteiger partial charge in [0.25, 0.3) is 5.82 Å². The third-order valence-electron chi connectivity index (χ3n) is 2.09. The number of pyridine rings is 1. The Kier molecular flexibility index (Phi) is 4.86. The van der Waals surface area contributed by atoms with Gasteiger partial charge >= 0.3 is 5.69 Å². The minimum absolute atomic E-state index is 0.000482. The van der Waals surface area contributed by atoms with Gasteiger partial charge in [0.15, 0.2) is 6.20 Å². The number of amides is 1. The zero-order chi connectivity index (χ0) is 12.7. The third-order valence-corrected chi connectivity index (χ3v) is 2.09. The summed E-state index contributed by atoms with van der Waals surface area (Å²) in [5, 5.41) is 16.1. The van der Waals surface area contributed by atoms with Crippen LogP contribution in [0.1, 0.15) is 13.3 Å². The van der Waals surface area contributed by atoms with E-state index < -0.39 is 4.92 Å². The number of hydrogen-bond donors (Lipinski definition) is 2. The first-order chi connectivity index (χ1) is 8.13. The average molecular weight is 239 g/mol. The quantitative estimate of drug-likeness (QED) is 0.425. The molecule has 1 aromatic heterocycles. The second-order valence-electron chi connectivity index (χ2n) is 3.35. The molecule has 1 amide bonds. The first kappa shape index (κ1) is 12.9. The lowest BCUT2D eigenvalue weighted by Gasteiger charge is -2.01. The van der Waals surface area contributed by atoms with E-state index in [-0.39, 0.29) is 11.6 Å². The summed E-state index contributed by atoms with van der Waals surface area (Å²) in [6.07, 6.45) is 1.77. The molecule has 92 valence electrons. The minimum atomic E-state index is -0.470. The van der Waals surface area contributed by atoms with Crippen LogP contribution in [0.5, 0.6) is 0 Å². The molecule has 0 aromatic carbocycles. The number of carbonyl (C=O) groups is 1. The molecule has 1 rings (SSSR count). The number of anilines is 1. The summed E-state index contributed by atoms with van der Waals surface area (Å²) in [5.74, 6) is 0.667. The summed E-state index contributed by atoms with van der Waals surface area (Å²) in [6, 6.07) is 2.99. The van der Waals surface area contributed by atoms with Crippen molar-refractivity contribution in [2.24, 2.45) is 0 Å². The van der Waals surface area contributed by atoms with Gasteiger partial charge in [-0.2, -0.15) is 0 Å². The van der Waals surface area contributed by atoms with E-state index in [1.165, 1.54) is 12.3 Å². The van der Waals surface area contributed by atoms with E-state index >= 15 is 0 Å². The number of hydrogen-bond acceptors (Lipinski definition) is 4. The lowest BCUT2D eigenvalue weighted by molar-refractivity contribution is -0.413. The van der Waals surface area contributed by atoms with Crippen molar-refractivity contribution in [2.75, 3.05) is 18.4 Å². The van der Waals surface area contributed by atoms with Crippen LogP contribution < -0.4 is 15.6 Å². The Bertz CT molecular complexity index is 391. The SMILES string of the molecule is CCC(=O)NCCNc1ccc([N+](=O)[O-])c[nH+]1. The van der Waals surface area contributed by atoms with Crippen LogP contribution >= 0.6 is 0 Å². The Morgan fingerprint density at radius 3 is 2.76 bits per heavy atom. The van der Waals surface area contributed by atoms with Gasteiger partial charge in [0, 0.05) is 18.6 Å². The van der Waals surface area contributed by atoms with Crippen LogP contribution in [0.2, 0.25) is 0 Å². The van der Waals surface area contributed by atoms with Crippen molar-refractivity contribution in [1.29, 1.82) is 0 Å². The highest BCUT2D eigenvalue weighted by molar-refractivity contribution is 5.75. The highest BCUT2D eigenvalue weighted by atomic mass is 16.6. The van der Waals surface area contributed by atoms with Crippen molar-refractivity contribution < 1.29 is 14.7 Å². The zero-order valence-electron chi connectivity index (χ0n) is 9.53. The van der Waals surface area contributed by atoms with Crippen molar-refractivity contribution >= 4 is 17.4 Å². The van der Waals surface area contributed by atoms with Gasteiger partial charge in [0.1, 0.15) is 6.54 Å². The van der Waals surface area contributed by atoms with E-state index in [0.717, 1.165) is 0 Å². The molecule has 1 aromatic rings. The predicted octanol–water partition coefficient (Wildman–Crippen LogP) is 0.347. The van der Waals surface area contributed by atoms with Crippen LogP contribution in [0.15, 0.2) is 18.3 Å². The van der Waals surface area contributed by atoms with Gasteiger partial charge in [-0.1, -0.05) is 6.92 Å². The third kappa shape index (κ3) is 4.45. The summed E-state index contributed by atoms with van der Waals surface area (Å²) in [6.45, 7) is 2.85. The van der Waals surface area contributed by atoms with Crippen LogP contribution in [-0.4, -0.2) is 23.9 Å². The van der Waals surface area contributed by atoms with E-state index in [4.69, 9.17) is 0 Å². The maximum Gasteiger partial charge on any atom is 0.308 e. The Balaban J connectivity index is 2.32. The molecule has 7 heteroatoms. The van der Waals surface area contributed by atoms with Crippen LogP contribution in [0.25, 0.3) is 0 Å². The average Bonchev–Trinajstić information content (AvgIpc) is 2.34. The maximum atomic E-state index is 10.9. The molecule has 0 aliphatic carbocycles. The fourth-order valence-corrected chi connectivity index (χ4v) is 1.16. The van der Waals surface area contributed by atoms with E-state index in [9.17, 15) is 14.9 Å². The lowest BCUT2D eigenvalue weighted by atomic mass is 10.4. The summed E-state index contributed by atoms with van der Waals surface area (Å²) in [5.41, 5.74) is 0.00911. The molecule has 1 heterocycles. The minimum Gasteiger partial charge on any atom is -0.352 e. The van der Waals surface area contributed by atoms with Crippen LogP contribution in [-0.2, 0) is 4.79 Å². The van der Waals surface area contributed by atoms with Gasteiger partial charge < -0.3 is 5.32 Å². The molecule has 0 fully saturated rings. The van der Waals surface area contributed by atoms with Gasteiger partial charge in [0.05, 0.1) is 11.5 Å². The second kappa shape index (κ2) is 6.41. The molecule has 0 saturated carbocycles. The number of H-pyrrole nitrogens is 1. The van der Waals surface area contributed by atoms with Gasteiger partial charge in [0.2, 0.25) is 5.91 Å². The first-order valence-electron chi connectivity index (χ1n) is 5.30. The summed E-state index contributed by atoms with van der Waals surface area (Å²) in [7, 11) is 0. The number of nitrogens with one attached hydrogen (secondary N) is 3. The highest BCUT2D eigenvalue weighted by Gasteiger charge is 2.08. The van der Waals surface area contributed by atoms with Crippen LogP contribution in [0.3, 0.4) is 0 Å². The van der Waals surface area contributed by atoms with E-state index in [0.29, 0.717) is 25.3 Å². The van der Waals surface area contributed by atoms with Gasteiger partial charge in [-0.05, 0) is 0 Å². The molecule has 0 bridgehead atoms. The van der Waals surface area contributed by atoms with Crippen molar-refractivity contribution in [2.45, 2.75) is 13.3 Å².